The Hall–Kier alpha value is -1.26. The zero-order valence-electron chi connectivity index (χ0n) is 15.6. The summed E-state index contributed by atoms with van der Waals surface area (Å²) in [5.41, 5.74) is 0.678. The van der Waals surface area contributed by atoms with Gasteiger partial charge >= 0.3 is 0 Å². The van der Waals surface area contributed by atoms with Crippen LogP contribution in [0.5, 0.6) is 0 Å². The van der Waals surface area contributed by atoms with Gasteiger partial charge in [-0.05, 0) is 38.3 Å². The largest absolute Gasteiger partial charge is 0.352 e. The lowest BCUT2D eigenvalue weighted by Gasteiger charge is -2.31. The van der Waals surface area contributed by atoms with E-state index >= 15 is 0 Å². The number of benzene rings is 1. The van der Waals surface area contributed by atoms with Crippen LogP contribution < -0.4 is 5.32 Å². The second kappa shape index (κ2) is 10.2. The van der Waals surface area contributed by atoms with Gasteiger partial charge in [-0.3, -0.25) is 9.59 Å². The third-order valence-corrected chi connectivity index (χ3v) is 5.68. The molecule has 1 aliphatic carbocycles. The van der Waals surface area contributed by atoms with E-state index in [1.54, 1.807) is 30.0 Å². The Kier molecular flexibility index (Phi) is 8.23. The molecule has 0 heterocycles. The van der Waals surface area contributed by atoms with Gasteiger partial charge in [0.1, 0.15) is 6.04 Å². The molecule has 0 unspecified atom stereocenters. The number of nitrogens with one attached hydrogen (secondary N) is 1. The molecule has 1 fully saturated rings. The summed E-state index contributed by atoms with van der Waals surface area (Å²) in [6.07, 6.45) is 6.66. The zero-order chi connectivity index (χ0) is 19.1. The van der Waals surface area contributed by atoms with E-state index in [9.17, 15) is 9.59 Å². The van der Waals surface area contributed by atoms with E-state index < -0.39 is 6.04 Å². The van der Waals surface area contributed by atoms with Crippen LogP contribution in [0.2, 0.25) is 10.0 Å². The Morgan fingerprint density at radius 2 is 1.81 bits per heavy atom. The Morgan fingerprint density at radius 3 is 2.38 bits per heavy atom. The predicted octanol–water partition coefficient (Wildman–Crippen LogP) is 4.96. The van der Waals surface area contributed by atoms with Gasteiger partial charge in [-0.25, -0.2) is 0 Å². The summed E-state index contributed by atoms with van der Waals surface area (Å²) in [6, 6.07) is 4.91. The maximum atomic E-state index is 12.8. The fourth-order valence-corrected chi connectivity index (χ4v) is 3.88. The van der Waals surface area contributed by atoms with Crippen molar-refractivity contribution in [3.8, 4) is 0 Å². The van der Waals surface area contributed by atoms with Crippen molar-refractivity contribution in [2.45, 2.75) is 77.4 Å². The van der Waals surface area contributed by atoms with Crippen LogP contribution in [-0.4, -0.2) is 28.8 Å². The minimum Gasteiger partial charge on any atom is -0.352 e. The van der Waals surface area contributed by atoms with Gasteiger partial charge < -0.3 is 10.2 Å². The SMILES string of the molecule is CCCC(=O)N(Cc1c(Cl)cccc1Cl)[C@@H](C)C(=O)NC1CCCCC1. The number of hydrogen-bond acceptors (Lipinski definition) is 2. The molecular formula is C20H28Cl2N2O2. The lowest BCUT2D eigenvalue weighted by molar-refractivity contribution is -0.141. The highest BCUT2D eigenvalue weighted by molar-refractivity contribution is 6.36. The summed E-state index contributed by atoms with van der Waals surface area (Å²) in [6.45, 7) is 3.96. The fourth-order valence-electron chi connectivity index (χ4n) is 3.36. The molecule has 0 saturated heterocycles. The molecule has 0 aromatic heterocycles. The minimum atomic E-state index is -0.566. The molecule has 4 nitrogen and oxygen atoms in total. The molecule has 0 radical (unpaired) electrons. The molecular weight excluding hydrogens is 371 g/mol. The average molecular weight is 399 g/mol. The standard InChI is InChI=1S/C20H28Cl2N2O2/c1-3-8-19(25)24(13-16-17(21)11-7-12-18(16)22)14(2)20(26)23-15-9-5-4-6-10-15/h7,11-12,14-15H,3-6,8-10,13H2,1-2H3,(H,23,26)/t14-/m0/s1. The number of nitrogens with zero attached hydrogens (tertiary/aromatic N) is 1. The van der Waals surface area contributed by atoms with Gasteiger partial charge in [0.2, 0.25) is 11.8 Å². The van der Waals surface area contributed by atoms with E-state index in [2.05, 4.69) is 5.32 Å². The third-order valence-electron chi connectivity index (χ3n) is 4.97. The van der Waals surface area contributed by atoms with Gasteiger partial charge in [0.05, 0.1) is 0 Å². The average Bonchev–Trinajstić information content (AvgIpc) is 2.62. The molecule has 1 aromatic carbocycles. The van der Waals surface area contributed by atoms with E-state index in [1.165, 1.54) is 6.42 Å². The van der Waals surface area contributed by atoms with Crippen LogP contribution in [0.1, 0.15) is 64.4 Å². The van der Waals surface area contributed by atoms with Crippen LogP contribution in [0, 0.1) is 0 Å². The van der Waals surface area contributed by atoms with Crippen molar-refractivity contribution in [3.63, 3.8) is 0 Å². The highest BCUT2D eigenvalue weighted by atomic mass is 35.5. The molecule has 6 heteroatoms. The Bertz CT molecular complexity index is 610. The maximum Gasteiger partial charge on any atom is 0.242 e. The first-order chi connectivity index (χ1) is 12.4. The number of carbonyl (C=O) groups excluding carboxylic acids is 2. The van der Waals surface area contributed by atoms with Gasteiger partial charge in [-0.15, -0.1) is 0 Å². The number of hydrogen-bond donors (Lipinski definition) is 1. The van der Waals surface area contributed by atoms with E-state index in [1.807, 2.05) is 6.92 Å². The molecule has 26 heavy (non-hydrogen) atoms. The topological polar surface area (TPSA) is 49.4 Å². The van der Waals surface area contributed by atoms with E-state index in [-0.39, 0.29) is 24.4 Å². The van der Waals surface area contributed by atoms with Crippen molar-refractivity contribution in [3.05, 3.63) is 33.8 Å². The molecule has 1 aliphatic rings. The van der Waals surface area contributed by atoms with Crippen molar-refractivity contribution in [1.29, 1.82) is 0 Å². The van der Waals surface area contributed by atoms with Crippen LogP contribution in [0.4, 0.5) is 0 Å². The summed E-state index contributed by atoms with van der Waals surface area (Å²) in [5.74, 6) is -0.167. The van der Waals surface area contributed by atoms with Crippen molar-refractivity contribution >= 4 is 35.0 Å². The van der Waals surface area contributed by atoms with Gasteiger partial charge in [-0.2, -0.15) is 0 Å². The summed E-state index contributed by atoms with van der Waals surface area (Å²) in [4.78, 5) is 27.0. The van der Waals surface area contributed by atoms with Gasteiger partial charge in [-0.1, -0.05) is 55.5 Å². The van der Waals surface area contributed by atoms with Crippen LogP contribution in [-0.2, 0) is 16.1 Å². The lowest BCUT2D eigenvalue weighted by atomic mass is 9.95. The van der Waals surface area contributed by atoms with E-state index in [4.69, 9.17) is 23.2 Å². The fraction of sp³-hybridized carbons (Fsp3) is 0.600. The molecule has 2 rings (SSSR count). The number of halogens is 2. The quantitative estimate of drug-likeness (QED) is 0.705. The lowest BCUT2D eigenvalue weighted by Crippen LogP contribution is -2.50. The predicted molar refractivity (Wildman–Crippen MR) is 106 cm³/mol. The van der Waals surface area contributed by atoms with Crippen molar-refractivity contribution in [2.24, 2.45) is 0 Å². The Labute approximate surface area is 166 Å². The number of rotatable bonds is 7. The first-order valence-corrected chi connectivity index (χ1v) is 10.2. The van der Waals surface area contributed by atoms with Gasteiger partial charge in [0.25, 0.3) is 0 Å². The first kappa shape index (κ1) is 21.0. The monoisotopic (exact) mass is 398 g/mol. The highest BCUT2D eigenvalue weighted by Gasteiger charge is 2.28. The van der Waals surface area contributed by atoms with Crippen molar-refractivity contribution in [2.75, 3.05) is 0 Å². The van der Waals surface area contributed by atoms with Crippen molar-refractivity contribution < 1.29 is 9.59 Å². The maximum absolute atomic E-state index is 12.8. The van der Waals surface area contributed by atoms with Gasteiger partial charge in [0, 0.05) is 34.6 Å². The molecule has 2 amide bonds. The molecule has 0 bridgehead atoms. The second-order valence-electron chi connectivity index (χ2n) is 6.99. The van der Waals surface area contributed by atoms with E-state index in [0.717, 1.165) is 32.1 Å². The molecule has 1 aromatic rings. The molecule has 1 N–H and O–H groups in total. The van der Waals surface area contributed by atoms with E-state index in [0.29, 0.717) is 22.0 Å². The minimum absolute atomic E-state index is 0.0604. The van der Waals surface area contributed by atoms with Crippen molar-refractivity contribution in [1.82, 2.24) is 10.2 Å². The molecule has 1 saturated carbocycles. The second-order valence-corrected chi connectivity index (χ2v) is 7.81. The Morgan fingerprint density at radius 1 is 1.19 bits per heavy atom. The molecule has 0 aliphatic heterocycles. The van der Waals surface area contributed by atoms with Crippen LogP contribution in [0.15, 0.2) is 18.2 Å². The first-order valence-electron chi connectivity index (χ1n) is 9.46. The zero-order valence-corrected chi connectivity index (χ0v) is 17.1. The number of amides is 2. The number of carbonyl (C=O) groups is 2. The summed E-state index contributed by atoms with van der Waals surface area (Å²) >= 11 is 12.5. The summed E-state index contributed by atoms with van der Waals surface area (Å²) in [7, 11) is 0. The smallest absolute Gasteiger partial charge is 0.242 e. The molecule has 144 valence electrons. The summed E-state index contributed by atoms with van der Waals surface area (Å²) < 4.78 is 0. The highest BCUT2D eigenvalue weighted by Crippen LogP contribution is 2.27. The van der Waals surface area contributed by atoms with Crippen LogP contribution >= 0.6 is 23.2 Å². The normalized spacial score (nSPS) is 16.2. The van der Waals surface area contributed by atoms with Gasteiger partial charge in [0.15, 0.2) is 0 Å². The summed E-state index contributed by atoms with van der Waals surface area (Å²) in [5, 5.41) is 4.12. The molecule has 1 atom stereocenters. The third kappa shape index (κ3) is 5.62. The molecule has 0 spiro atoms. The van der Waals surface area contributed by atoms with Crippen LogP contribution in [0.25, 0.3) is 0 Å². The van der Waals surface area contributed by atoms with Crippen LogP contribution in [0.3, 0.4) is 0 Å². The Balaban J connectivity index is 2.14.